The van der Waals surface area contributed by atoms with Crippen molar-refractivity contribution in [2.75, 3.05) is 19.6 Å². The second-order valence-electron chi connectivity index (χ2n) is 5.92. The number of amides is 2. The Bertz CT molecular complexity index is 773. The number of hydrogen-bond donors (Lipinski definition) is 1. The molecule has 1 N–H and O–H groups in total. The van der Waals surface area contributed by atoms with E-state index in [2.05, 4.69) is 23.1 Å². The molecule has 0 bridgehead atoms. The molecule has 0 saturated carbocycles. The summed E-state index contributed by atoms with van der Waals surface area (Å²) in [6, 6.07) is 14.2. The Labute approximate surface area is 206 Å². The zero-order chi connectivity index (χ0) is 16.9. The summed E-state index contributed by atoms with van der Waals surface area (Å²) in [7, 11) is 0. The Morgan fingerprint density at radius 3 is 3.00 bits per heavy atom. The topological polar surface area (TPSA) is 61.8 Å². The molecular formula is C19H20CsN3O2. The molecule has 1 heterocycles. The molecule has 0 aliphatic carbocycles. The van der Waals surface area contributed by atoms with Crippen molar-refractivity contribution in [3.05, 3.63) is 48.0 Å². The Balaban J connectivity index is 0.00000225. The number of benzene rings is 2. The molecule has 3 rings (SSSR count). The molecule has 0 spiro atoms. The Morgan fingerprint density at radius 2 is 2.20 bits per heavy atom. The average Bonchev–Trinajstić information content (AvgIpc) is 3.07. The molecule has 0 unspecified atom stereocenters. The van der Waals surface area contributed by atoms with Gasteiger partial charge in [-0.3, -0.25) is 14.6 Å². The van der Waals surface area contributed by atoms with Crippen LogP contribution in [0.25, 0.3) is 10.8 Å². The summed E-state index contributed by atoms with van der Waals surface area (Å²) in [4.78, 5) is 30.5. The molecular weight excluding hydrogens is 435 g/mol. The third kappa shape index (κ3) is 4.96. The van der Waals surface area contributed by atoms with Crippen molar-refractivity contribution in [2.45, 2.75) is 18.9 Å². The van der Waals surface area contributed by atoms with Crippen LogP contribution in [0.3, 0.4) is 0 Å². The number of carbonyl (C=O) groups excluding carboxylic acids is 2. The average molecular weight is 455 g/mol. The van der Waals surface area contributed by atoms with Gasteiger partial charge in [-0.25, -0.2) is 0 Å². The number of likely N-dealkylation sites (tertiary alicyclic amines) is 1. The van der Waals surface area contributed by atoms with Gasteiger partial charge in [-0.1, -0.05) is 18.2 Å². The summed E-state index contributed by atoms with van der Waals surface area (Å²) in [5, 5.41) is 4.55. The van der Waals surface area contributed by atoms with Crippen LogP contribution in [0.15, 0.2) is 41.4 Å². The van der Waals surface area contributed by atoms with Gasteiger partial charge in [-0.15, -0.1) is 10.8 Å². The summed E-state index contributed by atoms with van der Waals surface area (Å²) >= 11 is 0. The van der Waals surface area contributed by atoms with Gasteiger partial charge in [0.05, 0.1) is 19.1 Å². The zero-order valence-electron chi connectivity index (χ0n) is 14.5. The van der Waals surface area contributed by atoms with E-state index in [1.54, 1.807) is 17.0 Å². The molecule has 2 aromatic carbocycles. The quantitative estimate of drug-likeness (QED) is 0.468. The van der Waals surface area contributed by atoms with E-state index in [1.807, 2.05) is 24.3 Å². The van der Waals surface area contributed by atoms with E-state index < -0.39 is 0 Å². The molecule has 124 valence electrons. The fourth-order valence-corrected chi connectivity index (χ4v) is 3.21. The first-order chi connectivity index (χ1) is 11.7. The number of hydrogen-bond acceptors (Lipinski definition) is 3. The van der Waals surface area contributed by atoms with Gasteiger partial charge in [-0.05, 0) is 25.1 Å². The third-order valence-electron chi connectivity index (χ3n) is 4.41. The Kier molecular flexibility index (Phi) is 8.18. The van der Waals surface area contributed by atoms with Gasteiger partial charge in [0, 0.05) is 6.54 Å². The van der Waals surface area contributed by atoms with Crippen LogP contribution in [-0.4, -0.2) is 49.1 Å². The van der Waals surface area contributed by atoms with Crippen LogP contribution < -0.4 is 74.2 Å². The first kappa shape index (κ1) is 20.7. The Morgan fingerprint density at radius 1 is 1.36 bits per heavy atom. The molecule has 0 radical (unpaired) electrons. The van der Waals surface area contributed by atoms with Crippen molar-refractivity contribution < 1.29 is 78.5 Å². The summed E-state index contributed by atoms with van der Waals surface area (Å²) in [6.45, 7) is 4.77. The third-order valence-corrected chi connectivity index (χ3v) is 4.41. The molecule has 1 aliphatic rings. The van der Waals surface area contributed by atoms with Crippen molar-refractivity contribution in [1.29, 1.82) is 0 Å². The van der Waals surface area contributed by atoms with Crippen LogP contribution in [0.4, 0.5) is 0 Å². The molecule has 25 heavy (non-hydrogen) atoms. The minimum Gasteiger partial charge on any atom is -0.344 e. The monoisotopic (exact) mass is 455 g/mol. The molecule has 1 atom stereocenters. The fraction of sp³-hybridized carbons (Fsp3) is 0.316. The van der Waals surface area contributed by atoms with Crippen LogP contribution in [-0.2, 0) is 4.79 Å². The van der Waals surface area contributed by atoms with Crippen LogP contribution >= 0.6 is 0 Å². The van der Waals surface area contributed by atoms with Crippen LogP contribution in [0.5, 0.6) is 0 Å². The molecule has 0 aromatic heterocycles. The van der Waals surface area contributed by atoms with Crippen molar-refractivity contribution in [1.82, 2.24) is 10.2 Å². The SMILES string of the molecule is C=NC[C@@H]1CCCN1C(=O)CNC(=O)c1cccc2cc[c-]cc12.[Cs+]. The van der Waals surface area contributed by atoms with E-state index in [0.717, 1.165) is 30.2 Å². The van der Waals surface area contributed by atoms with Crippen LogP contribution in [0.1, 0.15) is 23.2 Å². The number of aliphatic imine (C=N–C) groups is 1. The van der Waals surface area contributed by atoms with Gasteiger partial charge < -0.3 is 10.2 Å². The van der Waals surface area contributed by atoms with Crippen LogP contribution in [0.2, 0.25) is 0 Å². The van der Waals surface area contributed by atoms with E-state index in [4.69, 9.17) is 0 Å². The summed E-state index contributed by atoms with van der Waals surface area (Å²) in [5.41, 5.74) is 0.558. The van der Waals surface area contributed by atoms with E-state index in [0.29, 0.717) is 12.1 Å². The summed E-state index contributed by atoms with van der Waals surface area (Å²) in [6.07, 6.45) is 1.91. The molecule has 1 aliphatic heterocycles. The summed E-state index contributed by atoms with van der Waals surface area (Å²) in [5.74, 6) is -0.313. The predicted octanol–water partition coefficient (Wildman–Crippen LogP) is -0.935. The smallest absolute Gasteiger partial charge is 0.344 e. The first-order valence-corrected chi connectivity index (χ1v) is 8.09. The van der Waals surface area contributed by atoms with Crippen molar-refractivity contribution >= 4 is 29.3 Å². The number of nitrogens with zero attached hydrogens (tertiary/aromatic N) is 2. The normalized spacial score (nSPS) is 16.3. The van der Waals surface area contributed by atoms with Gasteiger partial charge >= 0.3 is 68.9 Å². The van der Waals surface area contributed by atoms with E-state index in [9.17, 15) is 9.59 Å². The number of nitrogens with one attached hydrogen (secondary N) is 1. The number of fused-ring (bicyclic) bond motifs is 1. The molecule has 1 saturated heterocycles. The van der Waals surface area contributed by atoms with Gasteiger partial charge in [-0.2, -0.15) is 24.3 Å². The second-order valence-corrected chi connectivity index (χ2v) is 5.92. The molecule has 5 nitrogen and oxygen atoms in total. The van der Waals surface area contributed by atoms with Gasteiger partial charge in [0.2, 0.25) is 11.8 Å². The minimum absolute atomic E-state index is 0. The molecule has 6 heteroatoms. The minimum atomic E-state index is -0.244. The van der Waals surface area contributed by atoms with Crippen molar-refractivity contribution in [3.8, 4) is 0 Å². The maximum absolute atomic E-state index is 12.5. The largest absolute Gasteiger partial charge is 1.00 e. The first-order valence-electron chi connectivity index (χ1n) is 8.09. The standard InChI is InChI=1S/C19H20N3O2.Cs/c1-20-12-15-8-5-11-22(15)18(23)13-21-19(24)17-10-4-7-14-6-2-3-9-16(14)17;/h2,4,6-7,9-10,15H,1,5,8,11-13H2,(H,21,24);/q-1;+1/t15-;/m0./s1. The maximum Gasteiger partial charge on any atom is 1.00 e. The molecule has 1 fully saturated rings. The second kappa shape index (κ2) is 9.89. The molecule has 2 amide bonds. The van der Waals surface area contributed by atoms with Crippen molar-refractivity contribution in [3.63, 3.8) is 0 Å². The predicted molar refractivity (Wildman–Crippen MR) is 94.3 cm³/mol. The van der Waals surface area contributed by atoms with E-state index in [-0.39, 0.29) is 93.3 Å². The van der Waals surface area contributed by atoms with Crippen molar-refractivity contribution in [2.24, 2.45) is 4.99 Å². The fourth-order valence-electron chi connectivity index (χ4n) is 3.21. The molecule has 2 aromatic rings. The van der Waals surface area contributed by atoms with Gasteiger partial charge in [0.25, 0.3) is 0 Å². The van der Waals surface area contributed by atoms with Gasteiger partial charge in [0.1, 0.15) is 0 Å². The maximum atomic E-state index is 12.5. The van der Waals surface area contributed by atoms with E-state index in [1.165, 1.54) is 0 Å². The van der Waals surface area contributed by atoms with Crippen LogP contribution in [0, 0.1) is 6.07 Å². The zero-order valence-corrected chi connectivity index (χ0v) is 20.8. The number of rotatable bonds is 5. The summed E-state index contributed by atoms with van der Waals surface area (Å²) < 4.78 is 0. The van der Waals surface area contributed by atoms with E-state index >= 15 is 0 Å². The Hall–Kier alpha value is -0.638. The number of carbonyl (C=O) groups is 2. The van der Waals surface area contributed by atoms with Gasteiger partial charge in [0.15, 0.2) is 0 Å².